The van der Waals surface area contributed by atoms with Gasteiger partial charge >= 0.3 is 5.97 Å². The number of carboxylic acid groups (broad SMARTS) is 1. The number of hydrogen-bond donors (Lipinski definition) is 1. The molecule has 0 fully saturated rings. The van der Waals surface area contributed by atoms with Gasteiger partial charge in [0.25, 0.3) is 0 Å². The van der Waals surface area contributed by atoms with Crippen molar-refractivity contribution in [1.29, 1.82) is 0 Å². The Morgan fingerprint density at radius 2 is 2.38 bits per heavy atom. The summed E-state index contributed by atoms with van der Waals surface area (Å²) in [5.41, 5.74) is -0.913. The van der Waals surface area contributed by atoms with Crippen LogP contribution in [0.25, 0.3) is 0 Å². The van der Waals surface area contributed by atoms with Gasteiger partial charge in [0.05, 0.1) is 5.69 Å². The lowest BCUT2D eigenvalue weighted by Gasteiger charge is -2.14. The second kappa shape index (κ2) is 3.16. The Morgan fingerprint density at radius 3 is 2.77 bits per heavy atom. The zero-order chi connectivity index (χ0) is 10.1. The summed E-state index contributed by atoms with van der Waals surface area (Å²) >= 11 is 0. The smallest absolute Gasteiger partial charge is 0.315 e. The maximum atomic E-state index is 12.0. The first-order valence-electron chi connectivity index (χ1n) is 3.72. The van der Waals surface area contributed by atoms with Gasteiger partial charge in [0.15, 0.2) is 6.67 Å². The first kappa shape index (κ1) is 9.70. The summed E-state index contributed by atoms with van der Waals surface area (Å²) in [7, 11) is 0. The number of hydrogen-bond acceptors (Lipinski definition) is 3. The minimum atomic E-state index is -1.14. The summed E-state index contributed by atoms with van der Waals surface area (Å²) < 4.78 is 16.7. The molecule has 0 aromatic carbocycles. The number of nitrogens with zero attached hydrogens (tertiary/aromatic N) is 1. The predicted molar refractivity (Wildman–Crippen MR) is 42.0 cm³/mol. The highest BCUT2D eigenvalue weighted by atomic mass is 19.1. The molecule has 0 aliphatic rings. The molecule has 4 nitrogen and oxygen atoms in total. The molecule has 0 amide bonds. The van der Waals surface area contributed by atoms with Gasteiger partial charge in [0.1, 0.15) is 11.7 Å². The van der Waals surface area contributed by atoms with Crippen LogP contribution < -0.4 is 0 Å². The van der Waals surface area contributed by atoms with Gasteiger partial charge in [0.2, 0.25) is 5.89 Å². The standard InChI is InChI=1S/C8H10FNO3/c1-8(2,7(11)12)5-4-13-6(3-9)10-5/h4H,3H2,1-2H3,(H,11,12). The number of halogens is 1. The third kappa shape index (κ3) is 1.68. The van der Waals surface area contributed by atoms with E-state index in [2.05, 4.69) is 4.98 Å². The minimum Gasteiger partial charge on any atom is -0.481 e. The molecule has 0 atom stereocenters. The fourth-order valence-electron chi connectivity index (χ4n) is 0.769. The van der Waals surface area contributed by atoms with Gasteiger partial charge in [-0.2, -0.15) is 0 Å². The molecule has 13 heavy (non-hydrogen) atoms. The predicted octanol–water partition coefficient (Wildman–Crippen LogP) is 1.51. The average Bonchev–Trinajstić information content (AvgIpc) is 2.51. The average molecular weight is 187 g/mol. The van der Waals surface area contributed by atoms with Crippen molar-refractivity contribution in [1.82, 2.24) is 4.98 Å². The van der Waals surface area contributed by atoms with Crippen LogP contribution in [0, 0.1) is 0 Å². The SMILES string of the molecule is CC(C)(C(=O)O)c1coc(CF)n1. The van der Waals surface area contributed by atoms with Gasteiger partial charge in [-0.25, -0.2) is 9.37 Å². The molecular formula is C8H10FNO3. The van der Waals surface area contributed by atoms with E-state index < -0.39 is 18.1 Å². The second-order valence-electron chi connectivity index (χ2n) is 3.19. The van der Waals surface area contributed by atoms with Gasteiger partial charge < -0.3 is 9.52 Å². The lowest BCUT2D eigenvalue weighted by molar-refractivity contribution is -0.142. The number of rotatable bonds is 3. The lowest BCUT2D eigenvalue weighted by Crippen LogP contribution is -2.28. The number of carboxylic acids is 1. The van der Waals surface area contributed by atoms with Crippen LogP contribution in [0.5, 0.6) is 0 Å². The summed E-state index contributed by atoms with van der Waals surface area (Å²) in [6, 6.07) is 0. The molecule has 0 saturated carbocycles. The maximum Gasteiger partial charge on any atom is 0.315 e. The largest absolute Gasteiger partial charge is 0.481 e. The van der Waals surface area contributed by atoms with E-state index in [1.54, 1.807) is 0 Å². The number of oxazole rings is 1. The second-order valence-corrected chi connectivity index (χ2v) is 3.19. The van der Waals surface area contributed by atoms with Crippen LogP contribution in [-0.4, -0.2) is 16.1 Å². The Morgan fingerprint density at radius 1 is 1.77 bits per heavy atom. The van der Waals surface area contributed by atoms with Crippen molar-refractivity contribution < 1.29 is 18.7 Å². The molecule has 0 aliphatic heterocycles. The number of alkyl halides is 1. The van der Waals surface area contributed by atoms with E-state index in [0.29, 0.717) is 0 Å². The summed E-state index contributed by atoms with van der Waals surface area (Å²) in [5, 5.41) is 8.80. The normalized spacial score (nSPS) is 11.6. The molecule has 0 radical (unpaired) electrons. The third-order valence-corrected chi connectivity index (χ3v) is 1.84. The Labute approximate surface area is 74.4 Å². The number of carbonyl (C=O) groups is 1. The summed E-state index contributed by atoms with van der Waals surface area (Å²) in [6.07, 6.45) is 1.17. The maximum absolute atomic E-state index is 12.0. The Kier molecular flexibility index (Phi) is 2.36. The van der Waals surface area contributed by atoms with Crippen LogP contribution in [0.3, 0.4) is 0 Å². The molecule has 1 aromatic rings. The third-order valence-electron chi connectivity index (χ3n) is 1.84. The van der Waals surface area contributed by atoms with Crippen LogP contribution in [0.4, 0.5) is 4.39 Å². The van der Waals surface area contributed by atoms with Crippen molar-refractivity contribution in [2.75, 3.05) is 0 Å². The summed E-state index contributed by atoms with van der Waals surface area (Å²) in [5.74, 6) is -1.12. The molecule has 1 rings (SSSR count). The topological polar surface area (TPSA) is 63.3 Å². The van der Waals surface area contributed by atoms with Crippen molar-refractivity contribution in [3.63, 3.8) is 0 Å². The molecule has 0 unspecified atom stereocenters. The zero-order valence-corrected chi connectivity index (χ0v) is 7.37. The van der Waals surface area contributed by atoms with E-state index in [0.717, 1.165) is 0 Å². The van der Waals surface area contributed by atoms with E-state index in [1.807, 2.05) is 0 Å². The number of aromatic nitrogens is 1. The lowest BCUT2D eigenvalue weighted by atomic mass is 9.90. The Hall–Kier alpha value is -1.39. The summed E-state index contributed by atoms with van der Waals surface area (Å²) in [4.78, 5) is 14.4. The van der Waals surface area contributed by atoms with E-state index in [1.165, 1.54) is 20.1 Å². The van der Waals surface area contributed by atoms with Gasteiger partial charge in [-0.3, -0.25) is 4.79 Å². The van der Waals surface area contributed by atoms with E-state index >= 15 is 0 Å². The monoisotopic (exact) mass is 187 g/mol. The molecule has 0 aliphatic carbocycles. The molecule has 0 bridgehead atoms. The Bertz CT molecular complexity index is 319. The van der Waals surface area contributed by atoms with Crippen molar-refractivity contribution in [3.05, 3.63) is 17.8 Å². The zero-order valence-electron chi connectivity index (χ0n) is 7.37. The van der Waals surface area contributed by atoms with Crippen LogP contribution >= 0.6 is 0 Å². The van der Waals surface area contributed by atoms with Gasteiger partial charge in [-0.15, -0.1) is 0 Å². The molecule has 1 aromatic heterocycles. The first-order valence-corrected chi connectivity index (χ1v) is 3.72. The molecule has 0 spiro atoms. The quantitative estimate of drug-likeness (QED) is 0.778. The highest BCUT2D eigenvalue weighted by molar-refractivity contribution is 5.79. The highest BCUT2D eigenvalue weighted by Crippen LogP contribution is 2.22. The molecule has 72 valence electrons. The van der Waals surface area contributed by atoms with Gasteiger partial charge in [0, 0.05) is 0 Å². The molecule has 0 saturated heterocycles. The van der Waals surface area contributed by atoms with Crippen molar-refractivity contribution >= 4 is 5.97 Å². The van der Waals surface area contributed by atoms with E-state index in [4.69, 9.17) is 9.52 Å². The van der Waals surface area contributed by atoms with Crippen LogP contribution in [0.2, 0.25) is 0 Å². The molecule has 1 N–H and O–H groups in total. The van der Waals surface area contributed by atoms with E-state index in [9.17, 15) is 9.18 Å². The van der Waals surface area contributed by atoms with Crippen LogP contribution in [-0.2, 0) is 16.9 Å². The van der Waals surface area contributed by atoms with Gasteiger partial charge in [-0.1, -0.05) is 0 Å². The van der Waals surface area contributed by atoms with Crippen LogP contribution in [0.15, 0.2) is 10.7 Å². The van der Waals surface area contributed by atoms with Crippen LogP contribution in [0.1, 0.15) is 25.4 Å². The summed E-state index contributed by atoms with van der Waals surface area (Å²) in [6.45, 7) is 2.14. The van der Waals surface area contributed by atoms with Crippen molar-refractivity contribution in [2.45, 2.75) is 25.9 Å². The first-order chi connectivity index (χ1) is 5.98. The molecule has 1 heterocycles. The van der Waals surface area contributed by atoms with Crippen molar-refractivity contribution in [3.8, 4) is 0 Å². The Balaban J connectivity index is 3.00. The molecular weight excluding hydrogens is 177 g/mol. The van der Waals surface area contributed by atoms with Crippen molar-refractivity contribution in [2.24, 2.45) is 0 Å². The van der Waals surface area contributed by atoms with E-state index in [-0.39, 0.29) is 11.6 Å². The fourth-order valence-corrected chi connectivity index (χ4v) is 0.769. The van der Waals surface area contributed by atoms with Gasteiger partial charge in [-0.05, 0) is 13.8 Å². The molecule has 5 heteroatoms. The highest BCUT2D eigenvalue weighted by Gasteiger charge is 2.32. The minimum absolute atomic E-state index is 0.0932. The fraction of sp³-hybridized carbons (Fsp3) is 0.500. The number of aliphatic carboxylic acids is 1.